The van der Waals surface area contributed by atoms with E-state index in [1.54, 1.807) is 53.2 Å². The number of aromatic hydroxyl groups is 1. The van der Waals surface area contributed by atoms with Gasteiger partial charge < -0.3 is 9.84 Å². The van der Waals surface area contributed by atoms with E-state index in [2.05, 4.69) is 25.8 Å². The van der Waals surface area contributed by atoms with Crippen LogP contribution in [0.1, 0.15) is 5.56 Å². The van der Waals surface area contributed by atoms with E-state index in [9.17, 15) is 5.11 Å². The van der Waals surface area contributed by atoms with Crippen LogP contribution in [0.2, 0.25) is 5.02 Å². The molecule has 4 aromatic rings. The largest absolute Gasteiger partial charge is 0.504 e. The van der Waals surface area contributed by atoms with Gasteiger partial charge in [0.1, 0.15) is 0 Å². The Morgan fingerprint density at radius 2 is 1.93 bits per heavy atom. The lowest BCUT2D eigenvalue weighted by Gasteiger charge is -2.04. The Morgan fingerprint density at radius 1 is 1.11 bits per heavy atom. The van der Waals surface area contributed by atoms with Gasteiger partial charge in [0.15, 0.2) is 28.8 Å². The van der Waals surface area contributed by atoms with E-state index in [0.29, 0.717) is 28.1 Å². The molecule has 2 aromatic carbocycles. The number of hydrazone groups is 1. The van der Waals surface area contributed by atoms with Crippen molar-refractivity contribution in [2.45, 2.75) is 0 Å². The van der Waals surface area contributed by atoms with Gasteiger partial charge in [-0.3, -0.25) is 5.43 Å². The summed E-state index contributed by atoms with van der Waals surface area (Å²) in [7, 11) is 1.49. The average Bonchev–Trinajstić information content (AvgIpc) is 3.13. The molecule has 8 nitrogen and oxygen atoms in total. The van der Waals surface area contributed by atoms with Crippen molar-refractivity contribution < 1.29 is 9.84 Å². The van der Waals surface area contributed by atoms with Crippen LogP contribution >= 0.6 is 11.6 Å². The molecule has 0 amide bonds. The fourth-order valence-electron chi connectivity index (χ4n) is 2.57. The van der Waals surface area contributed by atoms with Gasteiger partial charge in [-0.15, -0.1) is 15.3 Å². The number of phenols is 1. The number of rotatable bonds is 5. The molecule has 0 saturated heterocycles. The molecular formula is C19H15ClN6O2. The number of fused-ring (bicyclic) bond motifs is 1. The third-order valence-electron chi connectivity index (χ3n) is 3.96. The first kappa shape index (κ1) is 17.7. The van der Waals surface area contributed by atoms with Gasteiger partial charge in [0, 0.05) is 10.6 Å². The van der Waals surface area contributed by atoms with Gasteiger partial charge in [-0.1, -0.05) is 11.6 Å². The third kappa shape index (κ3) is 3.58. The summed E-state index contributed by atoms with van der Waals surface area (Å²) in [5.74, 6) is 1.56. The van der Waals surface area contributed by atoms with Crippen molar-refractivity contribution >= 4 is 29.3 Å². The third-order valence-corrected chi connectivity index (χ3v) is 4.21. The molecule has 9 heteroatoms. The maximum atomic E-state index is 9.64. The minimum absolute atomic E-state index is 0.0714. The van der Waals surface area contributed by atoms with Crippen molar-refractivity contribution in [1.82, 2.24) is 19.8 Å². The Kier molecular flexibility index (Phi) is 4.77. The van der Waals surface area contributed by atoms with E-state index < -0.39 is 0 Å². The molecule has 0 atom stereocenters. The van der Waals surface area contributed by atoms with Gasteiger partial charge in [-0.05, 0) is 60.2 Å². The number of hydrogen-bond donors (Lipinski definition) is 2. The number of phenolic OH excluding ortho intramolecular Hbond substituents is 1. The van der Waals surface area contributed by atoms with Crippen molar-refractivity contribution in [2.75, 3.05) is 12.5 Å². The van der Waals surface area contributed by atoms with Gasteiger partial charge in [0.25, 0.3) is 0 Å². The van der Waals surface area contributed by atoms with E-state index in [1.165, 1.54) is 7.11 Å². The summed E-state index contributed by atoms with van der Waals surface area (Å²) in [6.45, 7) is 0. The van der Waals surface area contributed by atoms with E-state index in [-0.39, 0.29) is 5.75 Å². The average molecular weight is 395 g/mol. The van der Waals surface area contributed by atoms with Gasteiger partial charge in [-0.25, -0.2) is 0 Å². The van der Waals surface area contributed by atoms with E-state index in [4.69, 9.17) is 16.3 Å². The van der Waals surface area contributed by atoms with Crippen molar-refractivity contribution in [3.63, 3.8) is 0 Å². The molecule has 0 aliphatic rings. The number of nitrogens with zero attached hydrogens (tertiary/aromatic N) is 5. The number of aromatic nitrogens is 4. The molecule has 2 heterocycles. The highest BCUT2D eigenvalue weighted by Gasteiger charge is 2.10. The zero-order valence-electron chi connectivity index (χ0n) is 14.7. The molecule has 140 valence electrons. The van der Waals surface area contributed by atoms with Crippen LogP contribution in [0.3, 0.4) is 0 Å². The molecule has 0 spiro atoms. The van der Waals surface area contributed by atoms with Crippen LogP contribution in [-0.4, -0.2) is 38.2 Å². The standard InChI is InChI=1S/C19H15ClN6O2/c1-28-16-10-12(2-7-15(16)27)11-21-22-17-8-9-18-23-24-19(26(18)25-17)13-3-5-14(20)6-4-13/h2-11,27H,1H3,(H,22,25)/b21-11+. The van der Waals surface area contributed by atoms with Crippen molar-refractivity contribution in [1.29, 1.82) is 0 Å². The molecule has 0 aliphatic carbocycles. The van der Waals surface area contributed by atoms with Crippen LogP contribution in [0.5, 0.6) is 11.5 Å². The minimum atomic E-state index is 0.0714. The van der Waals surface area contributed by atoms with E-state index in [0.717, 1.165) is 11.1 Å². The number of nitrogens with one attached hydrogen (secondary N) is 1. The van der Waals surface area contributed by atoms with Crippen molar-refractivity contribution in [2.24, 2.45) is 5.10 Å². The number of anilines is 1. The molecule has 4 rings (SSSR count). The number of ether oxygens (including phenoxy) is 1. The maximum Gasteiger partial charge on any atom is 0.185 e. The van der Waals surface area contributed by atoms with Crippen LogP contribution < -0.4 is 10.2 Å². The first-order valence-corrected chi connectivity index (χ1v) is 8.66. The summed E-state index contributed by atoms with van der Waals surface area (Å²) < 4.78 is 6.71. The lowest BCUT2D eigenvalue weighted by atomic mass is 10.2. The Hall–Kier alpha value is -3.65. The second kappa shape index (κ2) is 7.53. The first-order chi connectivity index (χ1) is 13.6. The molecule has 0 unspecified atom stereocenters. The highest BCUT2D eigenvalue weighted by atomic mass is 35.5. The first-order valence-electron chi connectivity index (χ1n) is 8.28. The lowest BCUT2D eigenvalue weighted by Crippen LogP contribution is -2.00. The van der Waals surface area contributed by atoms with Crippen molar-refractivity contribution in [3.05, 3.63) is 65.2 Å². The molecule has 0 aliphatic heterocycles. The Bertz CT molecular complexity index is 1160. The number of hydrogen-bond acceptors (Lipinski definition) is 7. The van der Waals surface area contributed by atoms with E-state index in [1.807, 2.05) is 12.1 Å². The van der Waals surface area contributed by atoms with Crippen LogP contribution in [0.4, 0.5) is 5.82 Å². The zero-order valence-corrected chi connectivity index (χ0v) is 15.5. The summed E-state index contributed by atoms with van der Waals surface area (Å²) in [6, 6.07) is 15.8. The molecule has 28 heavy (non-hydrogen) atoms. The van der Waals surface area contributed by atoms with Crippen LogP contribution in [0.25, 0.3) is 17.0 Å². The fourth-order valence-corrected chi connectivity index (χ4v) is 2.70. The Balaban J connectivity index is 1.58. The van der Waals surface area contributed by atoms with Crippen LogP contribution in [0, 0.1) is 0 Å². The predicted molar refractivity (Wildman–Crippen MR) is 107 cm³/mol. The number of halogens is 1. The van der Waals surface area contributed by atoms with Crippen LogP contribution in [0.15, 0.2) is 59.7 Å². The molecule has 0 fully saturated rings. The van der Waals surface area contributed by atoms with Crippen molar-refractivity contribution in [3.8, 4) is 22.9 Å². The molecule has 2 aromatic heterocycles. The molecule has 2 N–H and O–H groups in total. The summed E-state index contributed by atoms with van der Waals surface area (Å²) >= 11 is 5.95. The summed E-state index contributed by atoms with van der Waals surface area (Å²) in [5, 5.41) is 27.3. The fraction of sp³-hybridized carbons (Fsp3) is 0.0526. The maximum absolute atomic E-state index is 9.64. The van der Waals surface area contributed by atoms with Crippen LogP contribution in [-0.2, 0) is 0 Å². The predicted octanol–water partition coefficient (Wildman–Crippen LogP) is 3.60. The molecule has 0 bridgehead atoms. The highest BCUT2D eigenvalue weighted by Crippen LogP contribution is 2.25. The Morgan fingerprint density at radius 3 is 2.71 bits per heavy atom. The van der Waals surface area contributed by atoms with Gasteiger partial charge in [0.05, 0.1) is 13.3 Å². The normalized spacial score (nSPS) is 11.2. The second-order valence-corrected chi connectivity index (χ2v) is 6.26. The lowest BCUT2D eigenvalue weighted by molar-refractivity contribution is 0.373. The zero-order chi connectivity index (χ0) is 19.5. The molecule has 0 saturated carbocycles. The SMILES string of the molecule is COc1cc(/C=N/Nc2ccc3nnc(-c4ccc(Cl)cc4)n3n2)ccc1O. The smallest absolute Gasteiger partial charge is 0.185 e. The monoisotopic (exact) mass is 394 g/mol. The Labute approximate surface area is 165 Å². The van der Waals surface area contributed by atoms with Gasteiger partial charge >= 0.3 is 0 Å². The quantitative estimate of drug-likeness (QED) is 0.396. The van der Waals surface area contributed by atoms with Gasteiger partial charge in [0.2, 0.25) is 0 Å². The summed E-state index contributed by atoms with van der Waals surface area (Å²) in [4.78, 5) is 0. The molecule has 0 radical (unpaired) electrons. The minimum Gasteiger partial charge on any atom is -0.504 e. The molecular weight excluding hydrogens is 380 g/mol. The van der Waals surface area contributed by atoms with E-state index >= 15 is 0 Å². The number of benzene rings is 2. The number of methoxy groups -OCH3 is 1. The highest BCUT2D eigenvalue weighted by molar-refractivity contribution is 6.30. The van der Waals surface area contributed by atoms with Gasteiger partial charge in [-0.2, -0.15) is 9.62 Å². The second-order valence-electron chi connectivity index (χ2n) is 5.82. The topological polar surface area (TPSA) is 96.9 Å². The summed E-state index contributed by atoms with van der Waals surface area (Å²) in [6.07, 6.45) is 1.60. The summed E-state index contributed by atoms with van der Waals surface area (Å²) in [5.41, 5.74) is 5.09.